The molecule has 0 spiro atoms. The van der Waals surface area contributed by atoms with E-state index in [9.17, 15) is 0 Å². The van der Waals surface area contributed by atoms with E-state index in [-0.39, 0.29) is 0 Å². The smallest absolute Gasteiger partial charge is 0.0276 e. The fourth-order valence-corrected chi connectivity index (χ4v) is 3.47. The third-order valence-corrected chi connectivity index (χ3v) is 4.20. The third kappa shape index (κ3) is 2.46. The standard InChI is InChI=1S/C12H21N3S/c1-15(2)7-10-8-16-11(5-13)12(10)9-3-4-14-6-9/h8-9,14H,3-7,13H2,1-2H3. The summed E-state index contributed by atoms with van der Waals surface area (Å²) in [5.41, 5.74) is 8.85. The Morgan fingerprint density at radius 3 is 2.94 bits per heavy atom. The zero-order valence-corrected chi connectivity index (χ0v) is 10.9. The first kappa shape index (κ1) is 12.0. The molecule has 2 rings (SSSR count). The molecule has 16 heavy (non-hydrogen) atoms. The predicted octanol–water partition coefficient (Wildman–Crippen LogP) is 1.35. The molecule has 1 fully saturated rings. The number of rotatable bonds is 4. The summed E-state index contributed by atoms with van der Waals surface area (Å²) >= 11 is 1.83. The Hall–Kier alpha value is -0.420. The first-order valence-corrected chi connectivity index (χ1v) is 6.75. The van der Waals surface area contributed by atoms with Gasteiger partial charge in [0.15, 0.2) is 0 Å². The Balaban J connectivity index is 2.26. The minimum Gasteiger partial charge on any atom is -0.326 e. The Kier molecular flexibility index (Phi) is 3.97. The molecule has 1 aliphatic heterocycles. The summed E-state index contributed by atoms with van der Waals surface area (Å²) in [6.07, 6.45) is 1.25. The van der Waals surface area contributed by atoms with Gasteiger partial charge in [0.05, 0.1) is 0 Å². The summed E-state index contributed by atoms with van der Waals surface area (Å²) in [5.74, 6) is 0.680. The lowest BCUT2D eigenvalue weighted by atomic mass is 9.94. The van der Waals surface area contributed by atoms with Crippen molar-refractivity contribution in [3.63, 3.8) is 0 Å². The topological polar surface area (TPSA) is 41.3 Å². The molecule has 1 unspecified atom stereocenters. The van der Waals surface area contributed by atoms with Crippen molar-refractivity contribution in [3.05, 3.63) is 21.4 Å². The van der Waals surface area contributed by atoms with Gasteiger partial charge in [0, 0.05) is 24.5 Å². The van der Waals surface area contributed by atoms with Crippen molar-refractivity contribution in [3.8, 4) is 0 Å². The van der Waals surface area contributed by atoms with Gasteiger partial charge in [-0.2, -0.15) is 0 Å². The monoisotopic (exact) mass is 239 g/mol. The maximum Gasteiger partial charge on any atom is 0.0276 e. The number of nitrogens with two attached hydrogens (primary N) is 1. The van der Waals surface area contributed by atoms with Crippen LogP contribution in [0.5, 0.6) is 0 Å². The molecule has 1 atom stereocenters. The van der Waals surface area contributed by atoms with Gasteiger partial charge < -0.3 is 16.0 Å². The fourth-order valence-electron chi connectivity index (χ4n) is 2.46. The molecule has 90 valence electrons. The second kappa shape index (κ2) is 5.27. The largest absolute Gasteiger partial charge is 0.326 e. The van der Waals surface area contributed by atoms with Crippen molar-refractivity contribution in [1.82, 2.24) is 10.2 Å². The van der Waals surface area contributed by atoms with Crippen LogP contribution in [0.15, 0.2) is 5.38 Å². The number of thiophene rings is 1. The van der Waals surface area contributed by atoms with Crippen LogP contribution in [-0.2, 0) is 13.1 Å². The van der Waals surface area contributed by atoms with Crippen molar-refractivity contribution in [1.29, 1.82) is 0 Å². The summed E-state index contributed by atoms with van der Waals surface area (Å²) in [4.78, 5) is 3.61. The van der Waals surface area contributed by atoms with Gasteiger partial charge in [-0.3, -0.25) is 0 Å². The van der Waals surface area contributed by atoms with Crippen molar-refractivity contribution < 1.29 is 0 Å². The maximum atomic E-state index is 5.84. The average Bonchev–Trinajstić information content (AvgIpc) is 2.84. The zero-order valence-electron chi connectivity index (χ0n) is 10.1. The molecule has 1 aromatic rings. The molecule has 2 heterocycles. The van der Waals surface area contributed by atoms with Gasteiger partial charge in [0.1, 0.15) is 0 Å². The molecule has 1 aliphatic rings. The van der Waals surface area contributed by atoms with Crippen LogP contribution in [-0.4, -0.2) is 32.1 Å². The van der Waals surface area contributed by atoms with Crippen LogP contribution in [0.4, 0.5) is 0 Å². The number of hydrogen-bond acceptors (Lipinski definition) is 4. The van der Waals surface area contributed by atoms with E-state index in [4.69, 9.17) is 5.73 Å². The lowest BCUT2D eigenvalue weighted by Gasteiger charge is -2.15. The van der Waals surface area contributed by atoms with E-state index in [1.807, 2.05) is 11.3 Å². The highest BCUT2D eigenvalue weighted by molar-refractivity contribution is 7.10. The zero-order chi connectivity index (χ0) is 11.5. The first-order valence-electron chi connectivity index (χ1n) is 5.87. The lowest BCUT2D eigenvalue weighted by Crippen LogP contribution is -2.15. The Morgan fingerprint density at radius 2 is 2.38 bits per heavy atom. The second-order valence-corrected chi connectivity index (χ2v) is 5.69. The summed E-state index contributed by atoms with van der Waals surface area (Å²) in [6, 6.07) is 0. The first-order chi connectivity index (χ1) is 7.72. The molecular weight excluding hydrogens is 218 g/mol. The van der Waals surface area contributed by atoms with E-state index in [2.05, 4.69) is 29.7 Å². The van der Waals surface area contributed by atoms with Crippen LogP contribution < -0.4 is 11.1 Å². The molecular formula is C12H21N3S. The van der Waals surface area contributed by atoms with Crippen LogP contribution in [0, 0.1) is 0 Å². The van der Waals surface area contributed by atoms with Gasteiger partial charge in [-0.05, 0) is 49.5 Å². The molecule has 4 heteroatoms. The van der Waals surface area contributed by atoms with Gasteiger partial charge in [0.2, 0.25) is 0 Å². The molecule has 0 saturated carbocycles. The van der Waals surface area contributed by atoms with Gasteiger partial charge >= 0.3 is 0 Å². The van der Waals surface area contributed by atoms with Crippen LogP contribution in [0.1, 0.15) is 28.3 Å². The maximum absolute atomic E-state index is 5.84. The quantitative estimate of drug-likeness (QED) is 0.833. The number of hydrogen-bond donors (Lipinski definition) is 2. The van der Waals surface area contributed by atoms with Crippen LogP contribution in [0.2, 0.25) is 0 Å². The Bertz CT molecular complexity index is 340. The van der Waals surface area contributed by atoms with Gasteiger partial charge in [-0.1, -0.05) is 0 Å². The molecule has 3 nitrogen and oxygen atoms in total. The van der Waals surface area contributed by atoms with E-state index in [1.165, 1.54) is 22.4 Å². The number of nitrogens with one attached hydrogen (secondary N) is 1. The van der Waals surface area contributed by atoms with Crippen molar-refractivity contribution in [2.75, 3.05) is 27.2 Å². The summed E-state index contributed by atoms with van der Waals surface area (Å²) < 4.78 is 0. The highest BCUT2D eigenvalue weighted by atomic mass is 32.1. The van der Waals surface area contributed by atoms with Gasteiger partial charge in [-0.15, -0.1) is 11.3 Å². The lowest BCUT2D eigenvalue weighted by molar-refractivity contribution is 0.400. The number of nitrogens with zero attached hydrogens (tertiary/aromatic N) is 1. The molecule has 0 aromatic carbocycles. The van der Waals surface area contributed by atoms with Crippen molar-refractivity contribution in [2.45, 2.75) is 25.4 Å². The van der Waals surface area contributed by atoms with E-state index in [0.717, 1.165) is 19.6 Å². The summed E-state index contributed by atoms with van der Waals surface area (Å²) in [7, 11) is 4.24. The predicted molar refractivity (Wildman–Crippen MR) is 69.8 cm³/mol. The molecule has 1 saturated heterocycles. The van der Waals surface area contributed by atoms with Gasteiger partial charge in [-0.25, -0.2) is 0 Å². The molecule has 0 amide bonds. The van der Waals surface area contributed by atoms with E-state index >= 15 is 0 Å². The van der Waals surface area contributed by atoms with Crippen LogP contribution >= 0.6 is 11.3 Å². The average molecular weight is 239 g/mol. The molecule has 0 bridgehead atoms. The summed E-state index contributed by atoms with van der Waals surface area (Å²) in [6.45, 7) is 3.97. The van der Waals surface area contributed by atoms with Crippen LogP contribution in [0.3, 0.4) is 0 Å². The molecule has 1 aromatic heterocycles. The highest BCUT2D eigenvalue weighted by Crippen LogP contribution is 2.33. The van der Waals surface area contributed by atoms with E-state index < -0.39 is 0 Å². The van der Waals surface area contributed by atoms with E-state index in [1.54, 1.807) is 0 Å². The molecule has 0 radical (unpaired) electrons. The minimum atomic E-state index is 0.680. The molecule has 3 N–H and O–H groups in total. The van der Waals surface area contributed by atoms with Crippen LogP contribution in [0.25, 0.3) is 0 Å². The fraction of sp³-hybridized carbons (Fsp3) is 0.667. The van der Waals surface area contributed by atoms with Crippen molar-refractivity contribution >= 4 is 11.3 Å². The van der Waals surface area contributed by atoms with Gasteiger partial charge in [0.25, 0.3) is 0 Å². The normalized spacial score (nSPS) is 20.9. The second-order valence-electron chi connectivity index (χ2n) is 4.73. The molecule has 0 aliphatic carbocycles. The van der Waals surface area contributed by atoms with Crippen molar-refractivity contribution in [2.24, 2.45) is 5.73 Å². The third-order valence-electron chi connectivity index (χ3n) is 3.13. The van der Waals surface area contributed by atoms with E-state index in [0.29, 0.717) is 12.5 Å². The minimum absolute atomic E-state index is 0.680. The Morgan fingerprint density at radius 1 is 1.56 bits per heavy atom. The Labute approximate surface area is 102 Å². The SMILES string of the molecule is CN(C)Cc1csc(CN)c1C1CCNC1. The summed E-state index contributed by atoms with van der Waals surface area (Å²) in [5, 5.41) is 5.73. The highest BCUT2D eigenvalue weighted by Gasteiger charge is 2.23.